The van der Waals surface area contributed by atoms with Crippen LogP contribution >= 0.6 is 0 Å². The topological polar surface area (TPSA) is 81.2 Å². The Kier molecular flexibility index (Phi) is 4.07. The summed E-state index contributed by atoms with van der Waals surface area (Å²) in [6.07, 6.45) is 6.44. The van der Waals surface area contributed by atoms with Crippen molar-refractivity contribution in [1.29, 1.82) is 0 Å². The van der Waals surface area contributed by atoms with Crippen LogP contribution < -0.4 is 10.6 Å². The Balaban J connectivity index is 1.40. The third kappa shape index (κ3) is 2.87. The molecule has 32 heavy (non-hydrogen) atoms. The summed E-state index contributed by atoms with van der Waals surface area (Å²) in [4.78, 5) is 28.4. The molecule has 6 rings (SSSR count). The van der Waals surface area contributed by atoms with Crippen LogP contribution in [0.1, 0.15) is 16.8 Å². The molecule has 1 aliphatic heterocycles. The second-order valence-electron chi connectivity index (χ2n) is 8.20. The molecule has 0 amide bonds. The molecule has 0 atom stereocenters. The first kappa shape index (κ1) is 18.7. The average molecular weight is 423 g/mol. The number of aryl methyl sites for hydroxylation is 2. The lowest BCUT2D eigenvalue weighted by Gasteiger charge is -2.30. The molecule has 0 unspecified atom stereocenters. The quantitative estimate of drug-likeness (QED) is 0.434. The molecular formula is C24H21N7O. The first-order chi connectivity index (χ1) is 15.6. The fraction of sp³-hybridized carbons (Fsp3) is 0.208. The van der Waals surface area contributed by atoms with Gasteiger partial charge in [0, 0.05) is 67.4 Å². The lowest BCUT2D eigenvalue weighted by Crippen LogP contribution is -2.32. The third-order valence-corrected chi connectivity index (χ3v) is 6.12. The molecule has 5 aromatic rings. The maximum absolute atomic E-state index is 12.2. The molecule has 0 fully saturated rings. The van der Waals surface area contributed by atoms with E-state index in [0.717, 1.165) is 52.1 Å². The van der Waals surface area contributed by atoms with E-state index in [0.29, 0.717) is 12.3 Å². The van der Waals surface area contributed by atoms with Gasteiger partial charge in [-0.3, -0.25) is 9.97 Å². The minimum absolute atomic E-state index is 0.190. The smallest absolute Gasteiger partial charge is 0.351 e. The van der Waals surface area contributed by atoms with Crippen molar-refractivity contribution in [1.82, 2.24) is 29.1 Å². The van der Waals surface area contributed by atoms with Crippen molar-refractivity contribution in [2.24, 2.45) is 7.05 Å². The van der Waals surface area contributed by atoms with Gasteiger partial charge in [0.05, 0.1) is 5.52 Å². The van der Waals surface area contributed by atoms with Crippen molar-refractivity contribution in [2.45, 2.75) is 19.9 Å². The number of anilines is 1. The van der Waals surface area contributed by atoms with Gasteiger partial charge in [-0.1, -0.05) is 18.2 Å². The number of pyridine rings is 2. The highest BCUT2D eigenvalue weighted by Crippen LogP contribution is 2.31. The van der Waals surface area contributed by atoms with Gasteiger partial charge in [-0.2, -0.15) is 4.98 Å². The van der Waals surface area contributed by atoms with Gasteiger partial charge in [0.25, 0.3) is 5.78 Å². The van der Waals surface area contributed by atoms with Crippen LogP contribution in [0.2, 0.25) is 0 Å². The van der Waals surface area contributed by atoms with Crippen molar-refractivity contribution >= 4 is 22.5 Å². The van der Waals surface area contributed by atoms with E-state index in [4.69, 9.17) is 9.97 Å². The van der Waals surface area contributed by atoms with E-state index in [2.05, 4.69) is 33.2 Å². The van der Waals surface area contributed by atoms with Gasteiger partial charge in [0.15, 0.2) is 0 Å². The van der Waals surface area contributed by atoms with Crippen LogP contribution in [0.4, 0.5) is 5.82 Å². The summed E-state index contributed by atoms with van der Waals surface area (Å²) in [6.45, 7) is 3.51. The lowest BCUT2D eigenvalue weighted by atomic mass is 9.97. The van der Waals surface area contributed by atoms with Crippen LogP contribution in [0.25, 0.3) is 27.8 Å². The minimum atomic E-state index is -0.190. The van der Waals surface area contributed by atoms with Gasteiger partial charge in [0.1, 0.15) is 5.82 Å². The van der Waals surface area contributed by atoms with Crippen molar-refractivity contribution in [2.75, 3.05) is 11.4 Å². The number of hydrogen-bond donors (Lipinski definition) is 0. The lowest BCUT2D eigenvalue weighted by molar-refractivity contribution is 0.700. The highest BCUT2D eigenvalue weighted by atomic mass is 16.2. The predicted octanol–water partition coefficient (Wildman–Crippen LogP) is 2.91. The molecule has 158 valence electrons. The number of nitrogens with zero attached hydrogens (tertiary/aromatic N) is 7. The molecule has 1 aromatic carbocycles. The molecule has 5 heterocycles. The van der Waals surface area contributed by atoms with E-state index in [9.17, 15) is 4.79 Å². The number of aromatic nitrogens is 6. The molecule has 0 radical (unpaired) electrons. The Morgan fingerprint density at radius 3 is 2.91 bits per heavy atom. The Hall–Kier alpha value is -4.07. The summed E-state index contributed by atoms with van der Waals surface area (Å²) in [6, 6.07) is 12.5. The van der Waals surface area contributed by atoms with E-state index in [1.165, 1.54) is 14.6 Å². The number of benzene rings is 1. The van der Waals surface area contributed by atoms with Crippen LogP contribution in [0.5, 0.6) is 0 Å². The largest absolute Gasteiger partial charge is 0.351 e. The summed E-state index contributed by atoms with van der Waals surface area (Å²) >= 11 is 0. The van der Waals surface area contributed by atoms with Crippen molar-refractivity contribution < 1.29 is 0 Å². The van der Waals surface area contributed by atoms with Crippen LogP contribution in [-0.2, 0) is 20.0 Å². The van der Waals surface area contributed by atoms with Gasteiger partial charge in [-0.05, 0) is 36.2 Å². The van der Waals surface area contributed by atoms with Gasteiger partial charge in [-0.15, -0.1) is 5.10 Å². The van der Waals surface area contributed by atoms with E-state index >= 15 is 0 Å². The molecule has 0 saturated carbocycles. The van der Waals surface area contributed by atoms with Gasteiger partial charge in [-0.25, -0.2) is 13.9 Å². The molecule has 0 bridgehead atoms. The van der Waals surface area contributed by atoms with E-state index in [-0.39, 0.29) is 5.69 Å². The number of fused-ring (bicyclic) bond motifs is 3. The first-order valence-electron chi connectivity index (χ1n) is 10.6. The monoisotopic (exact) mass is 423 g/mol. The van der Waals surface area contributed by atoms with E-state index in [1.807, 2.05) is 43.7 Å². The van der Waals surface area contributed by atoms with E-state index < -0.39 is 0 Å². The molecule has 8 heteroatoms. The van der Waals surface area contributed by atoms with E-state index in [1.54, 1.807) is 7.05 Å². The summed E-state index contributed by atoms with van der Waals surface area (Å²) in [7, 11) is 1.64. The van der Waals surface area contributed by atoms with Crippen LogP contribution in [-0.4, -0.2) is 35.7 Å². The SMILES string of the molecule is Cc1cn2c(=O)n(C)nc2nc1N1CCc2ncc(-c3cccc4ncccc34)cc2C1. The first-order valence-corrected chi connectivity index (χ1v) is 10.6. The van der Waals surface area contributed by atoms with Crippen LogP contribution in [0.15, 0.2) is 59.8 Å². The fourth-order valence-electron chi connectivity index (χ4n) is 4.52. The molecule has 0 N–H and O–H groups in total. The second-order valence-corrected chi connectivity index (χ2v) is 8.20. The Morgan fingerprint density at radius 2 is 2.00 bits per heavy atom. The van der Waals surface area contributed by atoms with Gasteiger partial charge < -0.3 is 4.90 Å². The standard InChI is InChI=1S/C24H21N7O/c1-15-13-31-23(28-29(2)24(31)32)27-22(15)30-10-8-20-17(14-30)11-16(12-26-20)18-5-3-7-21-19(18)6-4-9-25-21/h3-7,9,11-13H,8,10,14H2,1-2H3. The summed E-state index contributed by atoms with van der Waals surface area (Å²) in [5, 5.41) is 5.37. The Bertz CT molecular complexity index is 1560. The Labute approximate surface area is 183 Å². The number of rotatable bonds is 2. The van der Waals surface area contributed by atoms with Crippen molar-refractivity contribution in [3.8, 4) is 11.1 Å². The maximum Gasteiger partial charge on any atom is 0.351 e. The molecule has 4 aromatic heterocycles. The molecule has 8 nitrogen and oxygen atoms in total. The zero-order valence-electron chi connectivity index (χ0n) is 17.9. The van der Waals surface area contributed by atoms with Crippen molar-refractivity contribution in [3.63, 3.8) is 0 Å². The minimum Gasteiger partial charge on any atom is -0.351 e. The molecule has 1 aliphatic rings. The van der Waals surface area contributed by atoms with Gasteiger partial charge in [0.2, 0.25) is 0 Å². The normalized spacial score (nSPS) is 13.6. The van der Waals surface area contributed by atoms with Crippen LogP contribution in [0, 0.1) is 6.92 Å². The molecule has 0 saturated heterocycles. The van der Waals surface area contributed by atoms with Crippen molar-refractivity contribution in [3.05, 3.63) is 82.3 Å². The highest BCUT2D eigenvalue weighted by Gasteiger charge is 2.22. The second kappa shape index (κ2) is 6.98. The molecule has 0 aliphatic carbocycles. The summed E-state index contributed by atoms with van der Waals surface area (Å²) < 4.78 is 2.80. The van der Waals surface area contributed by atoms with Gasteiger partial charge >= 0.3 is 5.69 Å². The fourth-order valence-corrected chi connectivity index (χ4v) is 4.52. The third-order valence-electron chi connectivity index (χ3n) is 6.12. The molecular weight excluding hydrogens is 402 g/mol. The summed E-state index contributed by atoms with van der Waals surface area (Å²) in [5.41, 5.74) is 6.26. The maximum atomic E-state index is 12.2. The zero-order valence-corrected chi connectivity index (χ0v) is 17.9. The highest BCUT2D eigenvalue weighted by molar-refractivity contribution is 5.94. The number of hydrogen-bond acceptors (Lipinski definition) is 6. The Morgan fingerprint density at radius 1 is 1.09 bits per heavy atom. The van der Waals surface area contributed by atoms with Crippen LogP contribution in [0.3, 0.4) is 0 Å². The molecule has 0 spiro atoms. The summed E-state index contributed by atoms with van der Waals surface area (Å²) in [5.74, 6) is 1.27. The zero-order chi connectivity index (χ0) is 21.8. The predicted molar refractivity (Wildman–Crippen MR) is 123 cm³/mol. The average Bonchev–Trinajstić information content (AvgIpc) is 3.10.